The third kappa shape index (κ3) is 2.85. The summed E-state index contributed by atoms with van der Waals surface area (Å²) in [5.74, 6) is 0. The second-order valence-electron chi connectivity index (χ2n) is 4.85. The van der Waals surface area contributed by atoms with Crippen molar-refractivity contribution in [2.24, 2.45) is 0 Å². The molecule has 0 bridgehead atoms. The number of rotatable bonds is 4. The molecule has 1 N–H and O–H groups in total. The summed E-state index contributed by atoms with van der Waals surface area (Å²) < 4.78 is 29.1. The van der Waals surface area contributed by atoms with E-state index in [-0.39, 0.29) is 11.4 Å². The van der Waals surface area contributed by atoms with Crippen LogP contribution in [0.25, 0.3) is 5.65 Å². The fourth-order valence-corrected chi connectivity index (χ4v) is 3.35. The van der Waals surface area contributed by atoms with Gasteiger partial charge in [-0.3, -0.25) is 0 Å². The molecule has 0 radical (unpaired) electrons. The Kier molecular flexibility index (Phi) is 3.90. The highest BCUT2D eigenvalue weighted by atomic mass is 35.5. The predicted molar refractivity (Wildman–Crippen MR) is 85.4 cm³/mol. The number of aryl methyl sites for hydroxylation is 1. The van der Waals surface area contributed by atoms with Crippen LogP contribution in [-0.2, 0) is 16.6 Å². The first kappa shape index (κ1) is 15.0. The number of hydrogen-bond donors (Lipinski definition) is 1. The zero-order chi connectivity index (χ0) is 15.7. The van der Waals surface area contributed by atoms with Gasteiger partial charge in [-0.05, 0) is 43.3 Å². The first-order chi connectivity index (χ1) is 10.5. The van der Waals surface area contributed by atoms with Crippen LogP contribution >= 0.6 is 11.6 Å². The highest BCUT2D eigenvalue weighted by molar-refractivity contribution is 7.89. The summed E-state index contributed by atoms with van der Waals surface area (Å²) >= 11 is 5.78. The molecule has 0 aliphatic rings. The number of hydrogen-bond acceptors (Lipinski definition) is 3. The van der Waals surface area contributed by atoms with Crippen molar-refractivity contribution in [1.29, 1.82) is 0 Å². The Morgan fingerprint density at radius 2 is 1.91 bits per heavy atom. The minimum Gasteiger partial charge on any atom is -0.302 e. The van der Waals surface area contributed by atoms with Crippen molar-refractivity contribution >= 4 is 27.3 Å². The monoisotopic (exact) mass is 335 g/mol. The standard InChI is InChI=1S/C15H14ClN3O2S/c1-11-14(19-9-3-2-4-15(19)18-11)10-17-22(20,21)13-7-5-12(16)6-8-13/h2-9,17H,10H2,1H3. The Labute approximate surface area is 133 Å². The molecule has 0 amide bonds. The smallest absolute Gasteiger partial charge is 0.240 e. The molecule has 1 aromatic carbocycles. The van der Waals surface area contributed by atoms with Crippen LogP contribution in [0.2, 0.25) is 5.02 Å². The fourth-order valence-electron chi connectivity index (χ4n) is 2.24. The fraction of sp³-hybridized carbons (Fsp3) is 0.133. The van der Waals surface area contributed by atoms with Crippen LogP contribution in [-0.4, -0.2) is 17.8 Å². The SMILES string of the molecule is Cc1nc2ccccn2c1CNS(=O)(=O)c1ccc(Cl)cc1. The molecule has 0 saturated heterocycles. The molecular formula is C15H14ClN3O2S. The van der Waals surface area contributed by atoms with Crippen LogP contribution in [0.15, 0.2) is 53.6 Å². The van der Waals surface area contributed by atoms with Gasteiger partial charge in [-0.2, -0.15) is 0 Å². The van der Waals surface area contributed by atoms with E-state index in [4.69, 9.17) is 11.6 Å². The first-order valence-electron chi connectivity index (χ1n) is 6.65. The van der Waals surface area contributed by atoms with Gasteiger partial charge in [0, 0.05) is 11.2 Å². The quantitative estimate of drug-likeness (QED) is 0.797. The molecule has 2 heterocycles. The maximum atomic E-state index is 12.3. The molecule has 0 atom stereocenters. The first-order valence-corrected chi connectivity index (χ1v) is 8.51. The lowest BCUT2D eigenvalue weighted by molar-refractivity contribution is 0.580. The number of aromatic nitrogens is 2. The van der Waals surface area contributed by atoms with Crippen LogP contribution < -0.4 is 4.72 Å². The number of nitrogens with zero attached hydrogens (tertiary/aromatic N) is 2. The predicted octanol–water partition coefficient (Wildman–Crippen LogP) is 2.77. The molecule has 2 aromatic heterocycles. The van der Waals surface area contributed by atoms with E-state index in [0.29, 0.717) is 5.02 Å². The van der Waals surface area contributed by atoms with Gasteiger partial charge in [0.2, 0.25) is 10.0 Å². The molecule has 3 rings (SSSR count). The molecule has 0 spiro atoms. The molecule has 0 aliphatic carbocycles. The van der Waals surface area contributed by atoms with E-state index in [1.807, 2.05) is 35.7 Å². The summed E-state index contributed by atoms with van der Waals surface area (Å²) in [5.41, 5.74) is 2.40. The average molecular weight is 336 g/mol. The molecule has 0 unspecified atom stereocenters. The van der Waals surface area contributed by atoms with E-state index in [9.17, 15) is 8.42 Å². The minimum atomic E-state index is -3.59. The Morgan fingerprint density at radius 1 is 1.18 bits per heavy atom. The van der Waals surface area contributed by atoms with Crippen LogP contribution in [0.4, 0.5) is 0 Å². The number of sulfonamides is 1. The van der Waals surface area contributed by atoms with Crippen molar-refractivity contribution < 1.29 is 8.42 Å². The number of fused-ring (bicyclic) bond motifs is 1. The Bertz CT molecular complexity index is 918. The summed E-state index contributed by atoms with van der Waals surface area (Å²) in [7, 11) is -3.59. The normalized spacial score (nSPS) is 11.9. The van der Waals surface area contributed by atoms with Gasteiger partial charge in [0.1, 0.15) is 5.65 Å². The Hall–Kier alpha value is -1.89. The summed E-state index contributed by atoms with van der Waals surface area (Å²) in [5, 5.41) is 0.497. The molecule has 0 fully saturated rings. The zero-order valence-corrected chi connectivity index (χ0v) is 13.4. The second kappa shape index (κ2) is 5.72. The topological polar surface area (TPSA) is 63.5 Å². The Morgan fingerprint density at radius 3 is 2.64 bits per heavy atom. The second-order valence-corrected chi connectivity index (χ2v) is 7.05. The molecule has 114 valence electrons. The van der Waals surface area contributed by atoms with Crippen LogP contribution in [0.5, 0.6) is 0 Å². The maximum absolute atomic E-state index is 12.3. The van der Waals surface area contributed by atoms with Crippen LogP contribution in [0.3, 0.4) is 0 Å². The average Bonchev–Trinajstić information content (AvgIpc) is 2.81. The van der Waals surface area contributed by atoms with Crippen molar-refractivity contribution in [3.05, 3.63) is 65.1 Å². The number of halogens is 1. The third-order valence-electron chi connectivity index (χ3n) is 3.38. The lowest BCUT2D eigenvalue weighted by Gasteiger charge is -2.07. The molecule has 0 aliphatic heterocycles. The van der Waals surface area contributed by atoms with E-state index >= 15 is 0 Å². The maximum Gasteiger partial charge on any atom is 0.240 e. The number of imidazole rings is 1. The third-order valence-corrected chi connectivity index (χ3v) is 5.05. The van der Waals surface area contributed by atoms with Gasteiger partial charge in [0.15, 0.2) is 0 Å². The molecule has 3 aromatic rings. The zero-order valence-electron chi connectivity index (χ0n) is 11.8. The highest BCUT2D eigenvalue weighted by Crippen LogP contribution is 2.16. The summed E-state index contributed by atoms with van der Waals surface area (Å²) in [6.07, 6.45) is 1.86. The summed E-state index contributed by atoms with van der Waals surface area (Å²) in [4.78, 5) is 4.59. The van der Waals surface area contributed by atoms with E-state index in [2.05, 4.69) is 9.71 Å². The van der Waals surface area contributed by atoms with Crippen molar-refractivity contribution in [2.75, 3.05) is 0 Å². The van der Waals surface area contributed by atoms with Gasteiger partial charge in [-0.25, -0.2) is 18.1 Å². The van der Waals surface area contributed by atoms with E-state index in [0.717, 1.165) is 17.0 Å². The van der Waals surface area contributed by atoms with Crippen LogP contribution in [0, 0.1) is 6.92 Å². The number of pyridine rings is 1. The number of benzene rings is 1. The summed E-state index contributed by atoms with van der Waals surface area (Å²) in [6, 6.07) is 11.7. The Balaban J connectivity index is 1.87. The number of nitrogens with one attached hydrogen (secondary N) is 1. The molecular weight excluding hydrogens is 322 g/mol. The van der Waals surface area contributed by atoms with Gasteiger partial charge >= 0.3 is 0 Å². The van der Waals surface area contributed by atoms with E-state index in [1.165, 1.54) is 12.1 Å². The van der Waals surface area contributed by atoms with Crippen molar-refractivity contribution in [3.63, 3.8) is 0 Å². The molecule has 22 heavy (non-hydrogen) atoms. The van der Waals surface area contributed by atoms with Gasteiger partial charge in [-0.15, -0.1) is 0 Å². The lowest BCUT2D eigenvalue weighted by atomic mass is 10.3. The van der Waals surface area contributed by atoms with Gasteiger partial charge < -0.3 is 4.40 Å². The van der Waals surface area contributed by atoms with Crippen molar-refractivity contribution in [1.82, 2.24) is 14.1 Å². The van der Waals surface area contributed by atoms with E-state index in [1.54, 1.807) is 12.1 Å². The molecule has 0 saturated carbocycles. The summed E-state index contributed by atoms with van der Waals surface area (Å²) in [6.45, 7) is 2.03. The molecule has 7 heteroatoms. The van der Waals surface area contributed by atoms with Crippen molar-refractivity contribution in [2.45, 2.75) is 18.4 Å². The van der Waals surface area contributed by atoms with Gasteiger partial charge in [0.05, 0.1) is 22.8 Å². The lowest BCUT2D eigenvalue weighted by Crippen LogP contribution is -2.24. The van der Waals surface area contributed by atoms with Crippen molar-refractivity contribution in [3.8, 4) is 0 Å². The highest BCUT2D eigenvalue weighted by Gasteiger charge is 2.16. The van der Waals surface area contributed by atoms with Gasteiger partial charge in [0.25, 0.3) is 0 Å². The molecule has 5 nitrogen and oxygen atoms in total. The largest absolute Gasteiger partial charge is 0.302 e. The van der Waals surface area contributed by atoms with Gasteiger partial charge in [-0.1, -0.05) is 17.7 Å². The van der Waals surface area contributed by atoms with Crippen LogP contribution in [0.1, 0.15) is 11.4 Å². The minimum absolute atomic E-state index is 0.169. The van der Waals surface area contributed by atoms with E-state index < -0.39 is 10.0 Å².